The Labute approximate surface area is 213 Å². The van der Waals surface area contributed by atoms with Crippen molar-refractivity contribution in [1.82, 2.24) is 5.32 Å². The van der Waals surface area contributed by atoms with Gasteiger partial charge in [0, 0.05) is 17.3 Å². The number of hydrogen-bond donors (Lipinski definition) is 3. The van der Waals surface area contributed by atoms with E-state index in [2.05, 4.69) is 28.1 Å². The van der Waals surface area contributed by atoms with Gasteiger partial charge in [0.1, 0.15) is 5.75 Å². The molecule has 3 aromatic carbocycles. The fraction of sp³-hybridized carbons (Fsp3) is 0.333. The van der Waals surface area contributed by atoms with Gasteiger partial charge >= 0.3 is 0 Å². The minimum absolute atomic E-state index is 0.0617. The minimum atomic E-state index is -0.188. The highest BCUT2D eigenvalue weighted by Gasteiger charge is 2.17. The fourth-order valence-electron chi connectivity index (χ4n) is 4.46. The van der Waals surface area contributed by atoms with Gasteiger partial charge in [-0.2, -0.15) is 0 Å². The first-order valence-corrected chi connectivity index (χ1v) is 12.9. The van der Waals surface area contributed by atoms with Crippen LogP contribution < -0.4 is 20.7 Å². The second kappa shape index (κ2) is 13.3. The summed E-state index contributed by atoms with van der Waals surface area (Å²) in [4.78, 5) is 25.3. The largest absolute Gasteiger partial charge is 0.491 e. The van der Waals surface area contributed by atoms with Gasteiger partial charge in [-0.15, -0.1) is 0 Å². The van der Waals surface area contributed by atoms with Crippen molar-refractivity contribution in [3.05, 3.63) is 90.0 Å². The van der Waals surface area contributed by atoms with Crippen LogP contribution >= 0.6 is 0 Å². The predicted molar refractivity (Wildman–Crippen MR) is 145 cm³/mol. The molecule has 4 rings (SSSR count). The number of para-hydroxylation sites is 2. The Morgan fingerprint density at radius 1 is 0.861 bits per heavy atom. The van der Waals surface area contributed by atoms with Gasteiger partial charge in [-0.3, -0.25) is 9.59 Å². The molecule has 188 valence electrons. The standard InChI is InChI=1S/C30H35N3O3/c34-29(22-31-26-17-9-14-24(21-26)30(35)32-25-15-5-2-6-16-25)33-27-18-7-8-19-28(27)36-20-10-13-23-11-3-1-4-12-23/h1,3-4,7-9,11-12,14,17-19,21,25,31H,2,5-6,10,13,15-16,20,22H2,(H,32,35)(H,33,34). The molecular formula is C30H35N3O3. The number of anilines is 2. The average Bonchev–Trinajstić information content (AvgIpc) is 2.92. The van der Waals surface area contributed by atoms with Crippen LogP contribution in [0.2, 0.25) is 0 Å². The molecule has 1 fully saturated rings. The number of aryl methyl sites for hydroxylation is 1. The molecule has 0 atom stereocenters. The lowest BCUT2D eigenvalue weighted by molar-refractivity contribution is -0.114. The monoisotopic (exact) mass is 485 g/mol. The molecule has 1 aliphatic carbocycles. The molecule has 0 aliphatic heterocycles. The molecule has 0 saturated heterocycles. The Morgan fingerprint density at radius 3 is 2.47 bits per heavy atom. The molecule has 1 saturated carbocycles. The molecule has 3 aromatic rings. The van der Waals surface area contributed by atoms with Crippen LogP contribution in [0.3, 0.4) is 0 Å². The van der Waals surface area contributed by atoms with E-state index in [0.717, 1.165) is 31.4 Å². The first-order valence-electron chi connectivity index (χ1n) is 12.9. The highest BCUT2D eigenvalue weighted by Crippen LogP contribution is 2.24. The van der Waals surface area contributed by atoms with E-state index >= 15 is 0 Å². The number of amides is 2. The van der Waals surface area contributed by atoms with Crippen LogP contribution in [0, 0.1) is 0 Å². The SMILES string of the molecule is O=C(CNc1cccc(C(=O)NC2CCCCC2)c1)Nc1ccccc1OCCCc1ccccc1. The zero-order valence-electron chi connectivity index (χ0n) is 20.7. The van der Waals surface area contributed by atoms with Crippen molar-refractivity contribution in [2.45, 2.75) is 51.0 Å². The van der Waals surface area contributed by atoms with Crippen LogP contribution in [0.25, 0.3) is 0 Å². The molecule has 1 aliphatic rings. The van der Waals surface area contributed by atoms with Gasteiger partial charge in [0.05, 0.1) is 18.8 Å². The number of nitrogens with one attached hydrogen (secondary N) is 3. The van der Waals surface area contributed by atoms with Crippen LogP contribution in [0.4, 0.5) is 11.4 Å². The van der Waals surface area contributed by atoms with Gasteiger partial charge in [0.25, 0.3) is 5.91 Å². The molecule has 6 nitrogen and oxygen atoms in total. The highest BCUT2D eigenvalue weighted by atomic mass is 16.5. The van der Waals surface area contributed by atoms with Gasteiger partial charge in [-0.1, -0.05) is 67.8 Å². The van der Waals surface area contributed by atoms with E-state index in [1.807, 2.05) is 54.6 Å². The van der Waals surface area contributed by atoms with Crippen LogP contribution in [0.5, 0.6) is 5.75 Å². The maximum Gasteiger partial charge on any atom is 0.251 e. The molecule has 0 unspecified atom stereocenters. The minimum Gasteiger partial charge on any atom is -0.491 e. The zero-order valence-corrected chi connectivity index (χ0v) is 20.7. The van der Waals surface area contributed by atoms with E-state index in [0.29, 0.717) is 23.6 Å². The Bertz CT molecular complexity index is 1130. The maximum atomic E-state index is 12.6. The normalized spacial score (nSPS) is 13.6. The topological polar surface area (TPSA) is 79.5 Å². The number of carbonyl (C=O) groups excluding carboxylic acids is 2. The highest BCUT2D eigenvalue weighted by molar-refractivity contribution is 5.96. The Balaban J connectivity index is 1.24. The van der Waals surface area contributed by atoms with E-state index in [9.17, 15) is 9.59 Å². The van der Waals surface area contributed by atoms with Crippen molar-refractivity contribution in [2.75, 3.05) is 23.8 Å². The lowest BCUT2D eigenvalue weighted by atomic mass is 9.95. The summed E-state index contributed by atoms with van der Waals surface area (Å²) in [7, 11) is 0. The van der Waals surface area contributed by atoms with Gasteiger partial charge in [-0.05, 0) is 61.6 Å². The summed E-state index contributed by atoms with van der Waals surface area (Å²) < 4.78 is 5.95. The molecule has 36 heavy (non-hydrogen) atoms. The van der Waals surface area contributed by atoms with E-state index in [1.165, 1.54) is 24.8 Å². The quantitative estimate of drug-likeness (QED) is 0.299. The van der Waals surface area contributed by atoms with Crippen molar-refractivity contribution in [2.24, 2.45) is 0 Å². The zero-order chi connectivity index (χ0) is 25.0. The first-order chi connectivity index (χ1) is 17.7. The summed E-state index contributed by atoms with van der Waals surface area (Å²) in [6.07, 6.45) is 7.51. The van der Waals surface area contributed by atoms with Crippen LogP contribution in [0.15, 0.2) is 78.9 Å². The maximum absolute atomic E-state index is 12.6. The van der Waals surface area contributed by atoms with Crippen molar-refractivity contribution < 1.29 is 14.3 Å². The summed E-state index contributed by atoms with van der Waals surface area (Å²) >= 11 is 0. The third kappa shape index (κ3) is 7.87. The molecule has 3 N–H and O–H groups in total. The Hall–Kier alpha value is -3.80. The third-order valence-electron chi connectivity index (χ3n) is 6.39. The molecule has 0 heterocycles. The molecule has 0 spiro atoms. The van der Waals surface area contributed by atoms with Gasteiger partial charge < -0.3 is 20.7 Å². The number of benzene rings is 3. The molecular weight excluding hydrogens is 450 g/mol. The molecule has 6 heteroatoms. The summed E-state index contributed by atoms with van der Waals surface area (Å²) in [5.41, 5.74) is 3.25. The summed E-state index contributed by atoms with van der Waals surface area (Å²) in [5, 5.41) is 9.18. The lowest BCUT2D eigenvalue weighted by Gasteiger charge is -2.22. The van der Waals surface area contributed by atoms with E-state index < -0.39 is 0 Å². The summed E-state index contributed by atoms with van der Waals surface area (Å²) in [6, 6.07) is 25.3. The average molecular weight is 486 g/mol. The van der Waals surface area contributed by atoms with E-state index in [4.69, 9.17) is 4.74 Å². The Morgan fingerprint density at radius 2 is 1.64 bits per heavy atom. The second-order valence-corrected chi connectivity index (χ2v) is 9.22. The number of rotatable bonds is 11. The third-order valence-corrected chi connectivity index (χ3v) is 6.39. The van der Waals surface area contributed by atoms with Crippen LogP contribution in [0.1, 0.15) is 54.4 Å². The fourth-order valence-corrected chi connectivity index (χ4v) is 4.46. The number of ether oxygens (including phenoxy) is 1. The molecule has 0 radical (unpaired) electrons. The molecule has 2 amide bonds. The summed E-state index contributed by atoms with van der Waals surface area (Å²) in [5.74, 6) is 0.404. The van der Waals surface area contributed by atoms with Crippen molar-refractivity contribution in [3.63, 3.8) is 0 Å². The number of carbonyl (C=O) groups is 2. The Kier molecular flexibility index (Phi) is 9.37. The number of hydrogen-bond acceptors (Lipinski definition) is 4. The van der Waals surface area contributed by atoms with Gasteiger partial charge in [0.2, 0.25) is 5.91 Å². The van der Waals surface area contributed by atoms with Crippen molar-refractivity contribution in [3.8, 4) is 5.75 Å². The molecule has 0 aromatic heterocycles. The molecule has 0 bridgehead atoms. The van der Waals surface area contributed by atoms with E-state index in [1.54, 1.807) is 12.1 Å². The second-order valence-electron chi connectivity index (χ2n) is 9.22. The van der Waals surface area contributed by atoms with E-state index in [-0.39, 0.29) is 24.4 Å². The lowest BCUT2D eigenvalue weighted by Crippen LogP contribution is -2.36. The van der Waals surface area contributed by atoms with Crippen LogP contribution in [-0.4, -0.2) is 31.0 Å². The first kappa shape index (κ1) is 25.3. The van der Waals surface area contributed by atoms with Crippen molar-refractivity contribution >= 4 is 23.2 Å². The van der Waals surface area contributed by atoms with Crippen molar-refractivity contribution in [1.29, 1.82) is 0 Å². The van der Waals surface area contributed by atoms with Gasteiger partial charge in [-0.25, -0.2) is 0 Å². The summed E-state index contributed by atoms with van der Waals surface area (Å²) in [6.45, 7) is 0.645. The van der Waals surface area contributed by atoms with Gasteiger partial charge in [0.15, 0.2) is 0 Å². The van der Waals surface area contributed by atoms with Crippen LogP contribution in [-0.2, 0) is 11.2 Å². The smallest absolute Gasteiger partial charge is 0.251 e. The predicted octanol–water partition coefficient (Wildman–Crippen LogP) is 5.81.